The summed E-state index contributed by atoms with van der Waals surface area (Å²) in [5, 5.41) is 9.05. The van der Waals surface area contributed by atoms with Gasteiger partial charge in [-0.3, -0.25) is 9.69 Å². The number of rotatable bonds is 5. The quantitative estimate of drug-likeness (QED) is 0.767. The highest BCUT2D eigenvalue weighted by atomic mass is 16.5. The van der Waals surface area contributed by atoms with Gasteiger partial charge in [-0.15, -0.1) is 0 Å². The summed E-state index contributed by atoms with van der Waals surface area (Å²) in [6.07, 6.45) is 3.13. The van der Waals surface area contributed by atoms with Gasteiger partial charge in [0.05, 0.1) is 24.8 Å². The second kappa shape index (κ2) is 9.88. The standard InChI is InChI=1S/C25H29N3O2/c26-18-23-2-1-3-24(17-23)25(29)28-10-8-21(9-11-28)16-20-4-6-22(7-5-20)19-27-12-14-30-15-13-27/h1-7,17,21H,8-16,19H2. The average Bonchev–Trinajstić information content (AvgIpc) is 2.81. The SMILES string of the molecule is N#Cc1cccc(C(=O)N2CCC(Cc3ccc(CN4CCOCC4)cc3)CC2)c1. The molecule has 156 valence electrons. The lowest BCUT2D eigenvalue weighted by Gasteiger charge is -2.32. The normalized spacial score (nSPS) is 18.2. The maximum atomic E-state index is 12.7. The van der Waals surface area contributed by atoms with E-state index in [-0.39, 0.29) is 5.91 Å². The van der Waals surface area contributed by atoms with Crippen LogP contribution in [0.3, 0.4) is 0 Å². The zero-order chi connectivity index (χ0) is 20.8. The summed E-state index contributed by atoms with van der Waals surface area (Å²) in [7, 11) is 0. The van der Waals surface area contributed by atoms with Crippen LogP contribution in [0.4, 0.5) is 0 Å². The molecule has 2 heterocycles. The molecule has 0 atom stereocenters. The van der Waals surface area contributed by atoms with E-state index in [2.05, 4.69) is 35.2 Å². The molecule has 0 N–H and O–H groups in total. The second-order valence-corrected chi connectivity index (χ2v) is 8.34. The molecule has 0 aliphatic carbocycles. The number of benzene rings is 2. The van der Waals surface area contributed by atoms with Crippen molar-refractivity contribution in [1.82, 2.24) is 9.80 Å². The molecule has 5 nitrogen and oxygen atoms in total. The summed E-state index contributed by atoms with van der Waals surface area (Å²) in [6, 6.07) is 18.1. The molecule has 2 aromatic carbocycles. The summed E-state index contributed by atoms with van der Waals surface area (Å²) in [5.74, 6) is 0.655. The van der Waals surface area contributed by atoms with Gasteiger partial charge in [-0.1, -0.05) is 30.3 Å². The first-order valence-electron chi connectivity index (χ1n) is 10.9. The Labute approximate surface area is 178 Å². The molecule has 0 saturated carbocycles. The van der Waals surface area contributed by atoms with E-state index in [9.17, 15) is 4.79 Å². The Kier molecular flexibility index (Phi) is 6.78. The van der Waals surface area contributed by atoms with Crippen molar-refractivity contribution in [2.24, 2.45) is 5.92 Å². The predicted molar refractivity (Wildman–Crippen MR) is 116 cm³/mol. The Morgan fingerprint density at radius 1 is 1.00 bits per heavy atom. The van der Waals surface area contributed by atoms with Gasteiger partial charge in [0.25, 0.3) is 5.91 Å². The minimum atomic E-state index is 0.0398. The van der Waals surface area contributed by atoms with Gasteiger partial charge in [-0.2, -0.15) is 5.26 Å². The molecule has 2 fully saturated rings. The smallest absolute Gasteiger partial charge is 0.253 e. The number of hydrogen-bond donors (Lipinski definition) is 0. The highest BCUT2D eigenvalue weighted by molar-refractivity contribution is 5.94. The van der Waals surface area contributed by atoms with Gasteiger partial charge in [-0.05, 0) is 54.5 Å². The van der Waals surface area contributed by atoms with Crippen molar-refractivity contribution in [2.45, 2.75) is 25.8 Å². The Morgan fingerprint density at radius 3 is 2.40 bits per heavy atom. The lowest BCUT2D eigenvalue weighted by atomic mass is 9.89. The molecule has 0 unspecified atom stereocenters. The van der Waals surface area contributed by atoms with Gasteiger partial charge in [0.1, 0.15) is 0 Å². The van der Waals surface area contributed by atoms with Crippen LogP contribution in [0.25, 0.3) is 0 Å². The number of carbonyl (C=O) groups is 1. The maximum absolute atomic E-state index is 12.7. The number of morpholine rings is 1. The third-order valence-corrected chi connectivity index (χ3v) is 6.20. The molecular weight excluding hydrogens is 374 g/mol. The van der Waals surface area contributed by atoms with E-state index < -0.39 is 0 Å². The topological polar surface area (TPSA) is 56.6 Å². The molecule has 30 heavy (non-hydrogen) atoms. The van der Waals surface area contributed by atoms with Crippen LogP contribution >= 0.6 is 0 Å². The van der Waals surface area contributed by atoms with Gasteiger partial charge in [0, 0.05) is 38.3 Å². The van der Waals surface area contributed by atoms with Crippen LogP contribution in [-0.4, -0.2) is 55.1 Å². The van der Waals surface area contributed by atoms with Crippen molar-refractivity contribution in [2.75, 3.05) is 39.4 Å². The number of carbonyl (C=O) groups excluding carboxylic acids is 1. The van der Waals surface area contributed by atoms with Crippen LogP contribution in [0.2, 0.25) is 0 Å². The van der Waals surface area contributed by atoms with E-state index in [4.69, 9.17) is 10.00 Å². The summed E-state index contributed by atoms with van der Waals surface area (Å²) >= 11 is 0. The number of likely N-dealkylation sites (tertiary alicyclic amines) is 1. The Balaban J connectivity index is 1.26. The van der Waals surface area contributed by atoms with Crippen molar-refractivity contribution in [3.05, 3.63) is 70.8 Å². The molecule has 5 heteroatoms. The largest absolute Gasteiger partial charge is 0.379 e. The van der Waals surface area contributed by atoms with Gasteiger partial charge in [-0.25, -0.2) is 0 Å². The van der Waals surface area contributed by atoms with Crippen LogP contribution in [0, 0.1) is 17.2 Å². The molecule has 2 aliphatic heterocycles. The fraction of sp³-hybridized carbons (Fsp3) is 0.440. The Bertz CT molecular complexity index is 889. The van der Waals surface area contributed by atoms with Crippen molar-refractivity contribution < 1.29 is 9.53 Å². The summed E-state index contributed by atoms with van der Waals surface area (Å²) in [4.78, 5) is 17.1. The second-order valence-electron chi connectivity index (χ2n) is 8.34. The fourth-order valence-corrected chi connectivity index (χ4v) is 4.38. The molecule has 0 bridgehead atoms. The average molecular weight is 404 g/mol. The van der Waals surface area contributed by atoms with Gasteiger partial charge in [0.2, 0.25) is 0 Å². The molecular formula is C25H29N3O2. The van der Waals surface area contributed by atoms with Gasteiger partial charge < -0.3 is 9.64 Å². The number of nitriles is 1. The fourth-order valence-electron chi connectivity index (χ4n) is 4.38. The van der Waals surface area contributed by atoms with Crippen molar-refractivity contribution in [1.29, 1.82) is 5.26 Å². The maximum Gasteiger partial charge on any atom is 0.253 e. The van der Waals surface area contributed by atoms with Crippen molar-refractivity contribution in [3.63, 3.8) is 0 Å². The number of nitrogens with zero attached hydrogens (tertiary/aromatic N) is 3. The Hall–Kier alpha value is -2.68. The van der Waals surface area contributed by atoms with E-state index >= 15 is 0 Å². The van der Waals surface area contributed by atoms with Crippen LogP contribution in [0.5, 0.6) is 0 Å². The molecule has 0 aromatic heterocycles. The van der Waals surface area contributed by atoms with E-state index in [0.29, 0.717) is 17.0 Å². The first-order valence-corrected chi connectivity index (χ1v) is 10.9. The number of ether oxygens (including phenoxy) is 1. The molecule has 0 radical (unpaired) electrons. The van der Waals surface area contributed by atoms with Crippen LogP contribution in [0.15, 0.2) is 48.5 Å². The summed E-state index contributed by atoms with van der Waals surface area (Å²) in [6.45, 7) is 6.27. The first-order chi connectivity index (χ1) is 14.7. The minimum absolute atomic E-state index is 0.0398. The predicted octanol–water partition coefficient (Wildman–Crippen LogP) is 3.49. The van der Waals surface area contributed by atoms with E-state index in [1.165, 1.54) is 11.1 Å². The highest BCUT2D eigenvalue weighted by Gasteiger charge is 2.24. The highest BCUT2D eigenvalue weighted by Crippen LogP contribution is 2.23. The summed E-state index contributed by atoms with van der Waals surface area (Å²) < 4.78 is 5.42. The van der Waals surface area contributed by atoms with Gasteiger partial charge >= 0.3 is 0 Å². The lowest BCUT2D eigenvalue weighted by molar-refractivity contribution is 0.0342. The zero-order valence-corrected chi connectivity index (χ0v) is 17.4. The van der Waals surface area contributed by atoms with Crippen molar-refractivity contribution >= 4 is 5.91 Å². The van der Waals surface area contributed by atoms with E-state index in [0.717, 1.165) is 65.2 Å². The molecule has 2 aromatic rings. The molecule has 2 aliphatic rings. The van der Waals surface area contributed by atoms with Crippen molar-refractivity contribution in [3.8, 4) is 6.07 Å². The van der Waals surface area contributed by atoms with E-state index in [1.54, 1.807) is 24.3 Å². The molecule has 0 spiro atoms. The first kappa shape index (κ1) is 20.6. The molecule has 2 saturated heterocycles. The van der Waals surface area contributed by atoms with Crippen LogP contribution < -0.4 is 0 Å². The lowest BCUT2D eigenvalue weighted by Crippen LogP contribution is -2.38. The third kappa shape index (κ3) is 5.27. The monoisotopic (exact) mass is 403 g/mol. The summed E-state index contributed by atoms with van der Waals surface area (Å²) in [5.41, 5.74) is 3.89. The van der Waals surface area contributed by atoms with E-state index in [1.807, 2.05) is 4.90 Å². The molecule has 1 amide bonds. The minimum Gasteiger partial charge on any atom is -0.379 e. The number of hydrogen-bond acceptors (Lipinski definition) is 4. The van der Waals surface area contributed by atoms with Gasteiger partial charge in [0.15, 0.2) is 0 Å². The molecule has 4 rings (SSSR count). The van der Waals surface area contributed by atoms with Crippen LogP contribution in [-0.2, 0) is 17.7 Å². The number of piperidine rings is 1. The van der Waals surface area contributed by atoms with Crippen LogP contribution in [0.1, 0.15) is 39.9 Å². The third-order valence-electron chi connectivity index (χ3n) is 6.20. The zero-order valence-electron chi connectivity index (χ0n) is 17.4. The number of amides is 1. The Morgan fingerprint density at radius 2 is 1.70 bits per heavy atom.